The van der Waals surface area contributed by atoms with E-state index in [1.807, 2.05) is 9.80 Å². The van der Waals surface area contributed by atoms with Crippen molar-refractivity contribution >= 4 is 62.9 Å². The molecular weight excluding hydrogens is 969 g/mol. The molecule has 0 spiro atoms. The van der Waals surface area contributed by atoms with Crippen molar-refractivity contribution in [3.05, 3.63) is 125 Å². The Morgan fingerprint density at radius 2 is 1.09 bits per heavy atom. The van der Waals surface area contributed by atoms with Crippen LogP contribution in [0.3, 0.4) is 0 Å². The molecule has 5 aromatic heterocycles. The normalized spacial score (nSPS) is 15.2. The van der Waals surface area contributed by atoms with E-state index in [9.17, 15) is 27.5 Å². The maximum Gasteiger partial charge on any atom is 0.343 e. The molecule has 2 aliphatic heterocycles. The summed E-state index contributed by atoms with van der Waals surface area (Å²) in [5.41, 5.74) is 27.0. The molecule has 2 fully saturated rings. The third-order valence-electron chi connectivity index (χ3n) is 12.8. The maximum absolute atomic E-state index is 14.6. The number of halogens is 4. The zero-order valence-electron chi connectivity index (χ0n) is 40.3. The Morgan fingerprint density at radius 3 is 1.61 bits per heavy atom. The molecule has 74 heavy (non-hydrogen) atoms. The number of hydrogen-bond acceptors (Lipinski definition) is 16. The van der Waals surface area contributed by atoms with Crippen LogP contribution in [-0.4, -0.2) is 91.8 Å². The minimum absolute atomic E-state index is 0.109. The van der Waals surface area contributed by atoms with E-state index in [2.05, 4.69) is 20.2 Å². The van der Waals surface area contributed by atoms with Crippen molar-refractivity contribution in [1.82, 2.24) is 39.2 Å². The highest BCUT2D eigenvalue weighted by molar-refractivity contribution is 5.99. The molecule has 4 aromatic carbocycles. The summed E-state index contributed by atoms with van der Waals surface area (Å²) in [6.07, 6.45) is 6.24. The molecule has 384 valence electrons. The third-order valence-corrected chi connectivity index (χ3v) is 12.8. The molecular formula is C50H50F4N14O6. The van der Waals surface area contributed by atoms with E-state index in [0.717, 1.165) is 36.6 Å². The van der Waals surface area contributed by atoms with Gasteiger partial charge in [-0.1, -0.05) is 0 Å². The molecule has 9 aromatic rings. The van der Waals surface area contributed by atoms with E-state index >= 15 is 0 Å². The van der Waals surface area contributed by atoms with Crippen molar-refractivity contribution in [3.63, 3.8) is 0 Å². The molecule has 20 nitrogen and oxygen atoms in total. The van der Waals surface area contributed by atoms with Gasteiger partial charge in [-0.25, -0.2) is 46.3 Å². The van der Waals surface area contributed by atoms with Gasteiger partial charge in [0, 0.05) is 60.9 Å². The van der Waals surface area contributed by atoms with Crippen molar-refractivity contribution in [3.8, 4) is 34.4 Å². The fraction of sp³-hybridized carbons (Fsp3) is 0.240. The van der Waals surface area contributed by atoms with E-state index < -0.39 is 29.2 Å². The zero-order valence-corrected chi connectivity index (χ0v) is 40.3. The number of nitrogens with one attached hydrogen (secondary N) is 1. The number of methoxy groups -OCH3 is 4. The second-order valence-electron chi connectivity index (χ2n) is 17.1. The van der Waals surface area contributed by atoms with Gasteiger partial charge in [0.2, 0.25) is 0 Å². The van der Waals surface area contributed by atoms with E-state index in [1.165, 1.54) is 22.7 Å². The number of carbonyl (C=O) groups is 1. The highest BCUT2D eigenvalue weighted by atomic mass is 19.1. The Labute approximate surface area is 419 Å². The van der Waals surface area contributed by atoms with E-state index in [4.69, 9.17) is 51.9 Å². The van der Waals surface area contributed by atoms with Crippen molar-refractivity contribution in [2.24, 2.45) is 0 Å². The van der Waals surface area contributed by atoms with E-state index in [-0.39, 0.29) is 40.5 Å². The molecule has 7 heterocycles. The SMILES string of the molecule is COc1cc(N)c(N)cc1OC.COc1cc2nc(-c3c(N)nn4ccc(N5CCCC5c5cc(F)ccc5F)nc34)[nH]c2cc1OC.Nc1nn2ccc(N3CCC[C@@H]3c3cc(F)ccc3F)nc2c1C(=O)O. The second kappa shape index (κ2) is 20.5. The van der Waals surface area contributed by atoms with E-state index in [1.54, 1.807) is 81.7 Å². The van der Waals surface area contributed by atoms with Crippen LogP contribution in [0.1, 0.15) is 59.3 Å². The van der Waals surface area contributed by atoms with E-state index in [0.29, 0.717) is 100 Å². The summed E-state index contributed by atoms with van der Waals surface area (Å²) in [5, 5.41) is 17.6. The van der Waals surface area contributed by atoms with Gasteiger partial charge in [0.05, 0.1) is 62.9 Å². The van der Waals surface area contributed by atoms with Crippen molar-refractivity contribution in [2.45, 2.75) is 37.8 Å². The Bertz CT molecular complexity index is 3500. The monoisotopic (exact) mass is 1020 g/mol. The number of carboxylic acids is 1. The molecule has 2 aliphatic rings. The molecule has 1 unspecified atom stereocenters. The summed E-state index contributed by atoms with van der Waals surface area (Å²) in [5.74, 6) is 0.888. The number of H-pyrrole nitrogens is 1. The van der Waals surface area contributed by atoms with Crippen LogP contribution in [0, 0.1) is 23.3 Å². The highest BCUT2D eigenvalue weighted by Crippen LogP contribution is 2.40. The fourth-order valence-electron chi connectivity index (χ4n) is 9.26. The van der Waals surface area contributed by atoms with Crippen LogP contribution in [0.4, 0.5) is 52.2 Å². The Balaban J connectivity index is 0.000000154. The number of aromatic carboxylic acids is 1. The van der Waals surface area contributed by atoms with Gasteiger partial charge in [-0.05, 0) is 74.2 Å². The van der Waals surface area contributed by atoms with Gasteiger partial charge in [0.25, 0.3) is 0 Å². The van der Waals surface area contributed by atoms with Gasteiger partial charge in [0.15, 0.2) is 45.9 Å². The fourth-order valence-corrected chi connectivity index (χ4v) is 9.26. The van der Waals surface area contributed by atoms with Gasteiger partial charge in [-0.2, -0.15) is 0 Å². The van der Waals surface area contributed by atoms with Crippen molar-refractivity contribution in [1.29, 1.82) is 0 Å². The molecule has 11 rings (SSSR count). The molecule has 0 amide bonds. The lowest BCUT2D eigenvalue weighted by atomic mass is 10.0. The molecule has 2 saturated heterocycles. The van der Waals surface area contributed by atoms with Gasteiger partial charge >= 0.3 is 5.97 Å². The number of anilines is 6. The number of nitrogen functional groups attached to an aromatic ring is 4. The molecule has 10 N–H and O–H groups in total. The summed E-state index contributed by atoms with van der Waals surface area (Å²) in [4.78, 5) is 32.4. The summed E-state index contributed by atoms with van der Waals surface area (Å²) < 4.78 is 80.0. The number of aromatic nitrogens is 8. The Morgan fingerprint density at radius 1 is 0.622 bits per heavy atom. The Kier molecular flexibility index (Phi) is 13.8. The summed E-state index contributed by atoms with van der Waals surface area (Å²) >= 11 is 0. The van der Waals surface area contributed by atoms with Crippen LogP contribution >= 0.6 is 0 Å². The van der Waals surface area contributed by atoms with Crippen LogP contribution < -0.4 is 51.7 Å². The smallest absolute Gasteiger partial charge is 0.343 e. The number of ether oxygens (including phenoxy) is 4. The number of carboxylic acid groups (broad SMARTS) is 1. The van der Waals surface area contributed by atoms with Crippen LogP contribution in [0.15, 0.2) is 85.2 Å². The highest BCUT2D eigenvalue weighted by Gasteiger charge is 2.32. The first-order chi connectivity index (χ1) is 35.6. The first-order valence-electron chi connectivity index (χ1n) is 23.0. The molecule has 0 bridgehead atoms. The van der Waals surface area contributed by atoms with Crippen LogP contribution in [0.5, 0.6) is 23.0 Å². The third kappa shape index (κ3) is 9.50. The maximum atomic E-state index is 14.6. The average molecular weight is 1020 g/mol. The van der Waals surface area contributed by atoms with Gasteiger partial charge in [0.1, 0.15) is 51.9 Å². The zero-order chi connectivity index (χ0) is 52.5. The Hall–Kier alpha value is -9.22. The van der Waals surface area contributed by atoms with Gasteiger partial charge in [-0.15, -0.1) is 10.2 Å². The largest absolute Gasteiger partial charge is 0.493 e. The van der Waals surface area contributed by atoms with Crippen molar-refractivity contribution < 1.29 is 46.4 Å². The number of fused-ring (bicyclic) bond motifs is 3. The standard InChI is InChI=1S/C25H23F2N7O2.C17H15F2N5O2.C8H12N2O2/c1-35-19-11-16-17(12-20(19)36-2)30-24(29-16)22-23(28)32-34-9-7-21(31-25(22)34)33-8-3-4-18(33)14-10-13(26)5-6-15(14)27;18-9-3-4-11(19)10(8-9)12-2-1-6-23(12)13-5-7-24-16(21-13)14(17(25)26)15(20)22-24;1-11-7-3-5(9)6(10)4-8(7)12-2/h5-7,9-12,18H,3-4,8H2,1-2H3,(H2,28,32)(H,29,30);3-5,7-8,12H,1-2,6H2,(H2,20,22)(H,25,26);3-4H,9-10H2,1-2H3/t;12-;/m.1./s1. The minimum Gasteiger partial charge on any atom is -0.493 e. The molecule has 0 saturated carbocycles. The van der Waals surface area contributed by atoms with Gasteiger partial charge < -0.3 is 61.8 Å². The topological polar surface area (TPSA) is 274 Å². The van der Waals surface area contributed by atoms with Crippen LogP contribution in [0.2, 0.25) is 0 Å². The lowest BCUT2D eigenvalue weighted by Crippen LogP contribution is -2.24. The predicted molar refractivity (Wildman–Crippen MR) is 270 cm³/mol. The first kappa shape index (κ1) is 49.7. The molecule has 0 radical (unpaired) electrons. The quantitative estimate of drug-likeness (QED) is 0.0559. The van der Waals surface area contributed by atoms with Gasteiger partial charge in [-0.3, -0.25) is 0 Å². The number of nitrogens with two attached hydrogens (primary N) is 4. The number of rotatable bonds is 10. The summed E-state index contributed by atoms with van der Waals surface area (Å²) in [7, 11) is 6.23. The first-order valence-corrected chi connectivity index (χ1v) is 23.0. The number of benzene rings is 4. The van der Waals surface area contributed by atoms with Crippen LogP contribution in [-0.2, 0) is 0 Å². The lowest BCUT2D eigenvalue weighted by molar-refractivity contribution is 0.0699. The number of hydrogen-bond donors (Lipinski definition) is 6. The summed E-state index contributed by atoms with van der Waals surface area (Å²) in [6, 6.07) is 16.5. The number of imidazole rings is 1. The molecule has 24 heteroatoms. The second-order valence-corrected chi connectivity index (χ2v) is 17.1. The number of nitrogens with zero attached hydrogens (tertiary/aromatic N) is 9. The predicted octanol–water partition coefficient (Wildman–Crippen LogP) is 7.99. The van der Waals surface area contributed by atoms with Crippen molar-refractivity contribution in [2.75, 3.05) is 74.3 Å². The lowest BCUT2D eigenvalue weighted by Gasteiger charge is -2.26. The number of aromatic amines is 1. The van der Waals surface area contributed by atoms with Crippen LogP contribution in [0.25, 0.3) is 33.7 Å². The molecule has 2 atom stereocenters. The average Bonchev–Trinajstić information content (AvgIpc) is 4.25. The molecule has 0 aliphatic carbocycles. The summed E-state index contributed by atoms with van der Waals surface area (Å²) in [6.45, 7) is 1.25. The minimum atomic E-state index is -1.23.